The Morgan fingerprint density at radius 2 is 1.89 bits per heavy atom. The van der Waals surface area contributed by atoms with Gasteiger partial charge in [0.25, 0.3) is 0 Å². The molecule has 0 N–H and O–H groups in total. The molecule has 0 radical (unpaired) electrons. The molecule has 4 atom stereocenters. The van der Waals surface area contributed by atoms with Gasteiger partial charge in [-0.2, -0.15) is 13.2 Å². The Balaban J connectivity index is 0.000000300. The number of quaternary nitrogens is 1. The highest BCUT2D eigenvalue weighted by Gasteiger charge is 2.46. The van der Waals surface area contributed by atoms with Crippen LogP contribution in [0.3, 0.4) is 0 Å². The molecular weight excluding hydrogens is 446 g/mol. The highest BCUT2D eigenvalue weighted by Crippen LogP contribution is 2.59. The van der Waals surface area contributed by atoms with Crippen molar-refractivity contribution < 1.29 is 44.2 Å². The Labute approximate surface area is 166 Å². The quantitative estimate of drug-likeness (QED) is 0.287. The van der Waals surface area contributed by atoms with Crippen molar-refractivity contribution in [1.29, 1.82) is 0 Å². The van der Waals surface area contributed by atoms with Crippen LogP contribution in [0.1, 0.15) is 12.0 Å². The Kier molecular flexibility index (Phi) is 7.24. The second-order valence-corrected chi connectivity index (χ2v) is 10.9. The SMILES string of the molecule is C[N+]1(Cc2ccccc2)CC[C@@H]2COP(=O)(Cl)O[C@H]2C1.O=S(=O)([O-])C(F)(F)F. The van der Waals surface area contributed by atoms with E-state index in [1.165, 1.54) is 5.56 Å². The molecule has 2 fully saturated rings. The lowest BCUT2D eigenvalue weighted by Gasteiger charge is -2.46. The van der Waals surface area contributed by atoms with Crippen molar-refractivity contribution in [3.05, 3.63) is 35.9 Å². The third-order valence-electron chi connectivity index (χ3n) is 4.58. The molecule has 1 aromatic rings. The van der Waals surface area contributed by atoms with E-state index in [0.717, 1.165) is 30.5 Å². The van der Waals surface area contributed by atoms with E-state index in [1.807, 2.05) is 6.07 Å². The lowest BCUT2D eigenvalue weighted by molar-refractivity contribution is -0.931. The number of likely N-dealkylation sites (N-methyl/N-ethyl adjacent to an activating group) is 1. The smallest absolute Gasteiger partial charge is 0.485 e. The topological polar surface area (TPSA) is 92.7 Å². The molecule has 2 aliphatic heterocycles. The van der Waals surface area contributed by atoms with E-state index >= 15 is 0 Å². The van der Waals surface area contributed by atoms with Gasteiger partial charge in [0, 0.05) is 29.1 Å². The summed E-state index contributed by atoms with van der Waals surface area (Å²) < 4.78 is 82.2. The number of hydrogen-bond donors (Lipinski definition) is 0. The molecule has 0 bridgehead atoms. The first-order valence-electron chi connectivity index (χ1n) is 8.23. The van der Waals surface area contributed by atoms with Crippen LogP contribution in [0.4, 0.5) is 13.2 Å². The maximum absolute atomic E-state index is 11.8. The average Bonchev–Trinajstić information content (AvgIpc) is 2.53. The highest BCUT2D eigenvalue weighted by atomic mass is 35.7. The van der Waals surface area contributed by atoms with Gasteiger partial charge < -0.3 is 9.04 Å². The van der Waals surface area contributed by atoms with Gasteiger partial charge in [0.1, 0.15) is 19.2 Å². The van der Waals surface area contributed by atoms with Crippen molar-refractivity contribution in [2.45, 2.75) is 24.6 Å². The first kappa shape index (κ1) is 23.6. The number of piperidine rings is 1. The predicted molar refractivity (Wildman–Crippen MR) is 94.2 cm³/mol. The first-order chi connectivity index (χ1) is 12.7. The Morgan fingerprint density at radius 1 is 1.32 bits per heavy atom. The fourth-order valence-corrected chi connectivity index (χ4v) is 4.66. The first-order valence-corrected chi connectivity index (χ1v) is 12.1. The van der Waals surface area contributed by atoms with Crippen LogP contribution in [0, 0.1) is 5.92 Å². The molecule has 2 aliphatic rings. The number of alkyl halides is 3. The minimum Gasteiger partial charge on any atom is -0.741 e. The molecule has 0 amide bonds. The van der Waals surface area contributed by atoms with Gasteiger partial charge in [-0.1, -0.05) is 30.3 Å². The van der Waals surface area contributed by atoms with Crippen LogP contribution in [-0.4, -0.2) is 55.8 Å². The fourth-order valence-electron chi connectivity index (χ4n) is 3.19. The molecule has 7 nitrogen and oxygen atoms in total. The number of likely N-dealkylation sites (tertiary alicyclic amines) is 1. The summed E-state index contributed by atoms with van der Waals surface area (Å²) in [5.41, 5.74) is -4.33. The molecule has 2 heterocycles. The molecule has 0 aromatic heterocycles. The van der Waals surface area contributed by atoms with E-state index in [0.29, 0.717) is 12.5 Å². The van der Waals surface area contributed by atoms with Crippen molar-refractivity contribution in [2.75, 3.05) is 26.7 Å². The molecule has 1 aromatic carbocycles. The molecule has 13 heteroatoms. The van der Waals surface area contributed by atoms with Crippen LogP contribution in [0.5, 0.6) is 0 Å². The average molecular weight is 466 g/mol. The van der Waals surface area contributed by atoms with Crippen molar-refractivity contribution >= 4 is 28.3 Å². The zero-order chi connectivity index (χ0) is 21.2. The van der Waals surface area contributed by atoms with Gasteiger partial charge in [-0.3, -0.25) is 9.05 Å². The molecule has 0 spiro atoms. The van der Waals surface area contributed by atoms with Gasteiger partial charge >= 0.3 is 12.5 Å². The lowest BCUT2D eigenvalue weighted by Crippen LogP contribution is -2.57. The maximum atomic E-state index is 11.8. The molecule has 2 unspecified atom stereocenters. The summed E-state index contributed by atoms with van der Waals surface area (Å²) in [5.74, 6) is 0.317. The van der Waals surface area contributed by atoms with E-state index in [1.54, 1.807) is 0 Å². The van der Waals surface area contributed by atoms with Crippen molar-refractivity contribution in [3.63, 3.8) is 0 Å². The predicted octanol–water partition coefficient (Wildman–Crippen LogP) is 3.47. The molecule has 3 rings (SSSR count). The molecule has 2 saturated heterocycles. The molecule has 28 heavy (non-hydrogen) atoms. The summed E-state index contributed by atoms with van der Waals surface area (Å²) in [6.45, 7) is -0.0265. The monoisotopic (exact) mass is 465 g/mol. The number of hydrogen-bond acceptors (Lipinski definition) is 6. The minimum atomic E-state index is -6.09. The zero-order valence-electron chi connectivity index (χ0n) is 14.8. The Hall–Kier alpha value is -0.680. The Bertz CT molecular complexity index is 825. The third kappa shape index (κ3) is 6.69. The Morgan fingerprint density at radius 3 is 2.43 bits per heavy atom. The van der Waals surface area contributed by atoms with Gasteiger partial charge in [0.15, 0.2) is 10.1 Å². The second-order valence-electron chi connectivity index (χ2n) is 6.99. The number of rotatable bonds is 2. The lowest BCUT2D eigenvalue weighted by atomic mass is 9.92. The van der Waals surface area contributed by atoms with Crippen LogP contribution >= 0.6 is 18.2 Å². The zero-order valence-corrected chi connectivity index (χ0v) is 17.3. The number of nitrogens with zero attached hydrogens (tertiary/aromatic N) is 1. The normalized spacial score (nSPS) is 33.4. The van der Waals surface area contributed by atoms with E-state index in [9.17, 15) is 17.7 Å². The summed E-state index contributed by atoms with van der Waals surface area (Å²) >= 11 is 5.75. The fraction of sp³-hybridized carbons (Fsp3) is 0.600. The largest absolute Gasteiger partial charge is 0.741 e. The van der Waals surface area contributed by atoms with Crippen LogP contribution in [0.25, 0.3) is 0 Å². The van der Waals surface area contributed by atoms with Gasteiger partial charge in [-0.25, -0.2) is 13.0 Å². The summed E-state index contributed by atoms with van der Waals surface area (Å²) in [7, 11) is -3.87. The summed E-state index contributed by atoms with van der Waals surface area (Å²) in [6, 6.07) is 10.4. The number of benzene rings is 1. The van der Waals surface area contributed by atoms with Crippen molar-refractivity contribution in [1.82, 2.24) is 0 Å². The van der Waals surface area contributed by atoms with Crippen LogP contribution in [-0.2, 0) is 30.3 Å². The van der Waals surface area contributed by atoms with E-state index in [2.05, 4.69) is 31.3 Å². The molecular formula is C15H20ClF3NO6PS. The molecule has 160 valence electrons. The minimum absolute atomic E-state index is 0.0606. The van der Waals surface area contributed by atoms with Gasteiger partial charge in [0.2, 0.25) is 0 Å². The van der Waals surface area contributed by atoms with Crippen molar-refractivity contribution in [3.8, 4) is 0 Å². The third-order valence-corrected chi connectivity index (χ3v) is 6.66. The second kappa shape index (κ2) is 8.59. The van der Waals surface area contributed by atoms with E-state index in [-0.39, 0.29) is 6.10 Å². The summed E-state index contributed by atoms with van der Waals surface area (Å²) in [6.07, 6.45) is 0.958. The van der Waals surface area contributed by atoms with Crippen molar-refractivity contribution in [2.24, 2.45) is 5.92 Å². The number of fused-ring (bicyclic) bond motifs is 1. The molecule has 0 aliphatic carbocycles. The van der Waals surface area contributed by atoms with Crippen LogP contribution in [0.2, 0.25) is 0 Å². The van der Waals surface area contributed by atoms with Gasteiger partial charge in [-0.15, -0.1) is 0 Å². The standard InChI is InChI=1S/C14H20ClNO3P.CHF3O3S/c1-16(9-12-5-3-2-4-6-12)8-7-13-11-18-20(15,17)19-14(13)10-16;2-1(3,4)8(5,6)7/h2-6,13-14H,7-11H2,1H3;(H,5,6,7)/q+1;/p-1/t13-,14+,16?,20?;/m1./s1. The van der Waals surface area contributed by atoms with Crippen LogP contribution in [0.15, 0.2) is 30.3 Å². The van der Waals surface area contributed by atoms with E-state index < -0.39 is 22.6 Å². The van der Waals surface area contributed by atoms with Gasteiger partial charge in [0.05, 0.1) is 20.2 Å². The summed E-state index contributed by atoms with van der Waals surface area (Å²) in [5, 5.41) is 0. The highest BCUT2D eigenvalue weighted by molar-refractivity contribution is 7.86. The van der Waals surface area contributed by atoms with Crippen LogP contribution < -0.4 is 0 Å². The summed E-state index contributed by atoms with van der Waals surface area (Å²) in [4.78, 5) is 0. The molecule has 0 saturated carbocycles. The number of halogens is 4. The van der Waals surface area contributed by atoms with E-state index in [4.69, 9.17) is 33.3 Å². The maximum Gasteiger partial charge on any atom is 0.485 e. The van der Waals surface area contributed by atoms with Gasteiger partial charge in [-0.05, 0) is 0 Å².